The molecule has 0 atom stereocenters. The van der Waals surface area contributed by atoms with Gasteiger partial charge in [-0.05, 0) is 6.92 Å². The highest BCUT2D eigenvalue weighted by molar-refractivity contribution is 6.55. The summed E-state index contributed by atoms with van der Waals surface area (Å²) in [6.07, 6.45) is 0.617. The third kappa shape index (κ3) is 4.32. The number of ether oxygens (including phenoxy) is 1. The summed E-state index contributed by atoms with van der Waals surface area (Å²) >= 11 is 0. The van der Waals surface area contributed by atoms with Crippen LogP contribution in [0.4, 0.5) is 0 Å². The van der Waals surface area contributed by atoms with Crippen molar-refractivity contribution >= 4 is 14.8 Å². The standard InChI is InChI=1S/C7H14O2Si/c1-6(2)7(8)9-5-10(3)4/h10H,1,5H2,2-4H3. The van der Waals surface area contributed by atoms with E-state index >= 15 is 0 Å². The van der Waals surface area contributed by atoms with Crippen molar-refractivity contribution in [1.82, 2.24) is 0 Å². The van der Waals surface area contributed by atoms with Gasteiger partial charge in [0.25, 0.3) is 0 Å². The van der Waals surface area contributed by atoms with E-state index in [2.05, 4.69) is 19.7 Å². The van der Waals surface area contributed by atoms with Crippen LogP contribution in [-0.4, -0.2) is 21.0 Å². The molecule has 0 rings (SSSR count). The fraction of sp³-hybridized carbons (Fsp3) is 0.571. The summed E-state index contributed by atoms with van der Waals surface area (Å²) in [6, 6.07) is 0. The Bertz CT molecular complexity index is 141. The zero-order chi connectivity index (χ0) is 8.15. The van der Waals surface area contributed by atoms with Gasteiger partial charge in [-0.3, -0.25) is 0 Å². The smallest absolute Gasteiger partial charge is 0.332 e. The predicted molar refractivity (Wildman–Crippen MR) is 44.7 cm³/mol. The molecule has 0 saturated heterocycles. The Morgan fingerprint density at radius 1 is 1.60 bits per heavy atom. The number of rotatable bonds is 3. The highest BCUT2D eigenvalue weighted by Gasteiger charge is 2.03. The van der Waals surface area contributed by atoms with Crippen LogP contribution in [0.3, 0.4) is 0 Å². The van der Waals surface area contributed by atoms with Gasteiger partial charge < -0.3 is 4.74 Å². The van der Waals surface area contributed by atoms with Crippen LogP contribution in [0.15, 0.2) is 12.2 Å². The van der Waals surface area contributed by atoms with Gasteiger partial charge in [0, 0.05) is 5.57 Å². The van der Waals surface area contributed by atoms with E-state index in [4.69, 9.17) is 4.74 Å². The van der Waals surface area contributed by atoms with Gasteiger partial charge in [0.05, 0.1) is 15.0 Å². The highest BCUT2D eigenvalue weighted by atomic mass is 28.3. The van der Waals surface area contributed by atoms with E-state index in [0.29, 0.717) is 11.8 Å². The molecule has 58 valence electrons. The second-order valence-corrected chi connectivity index (χ2v) is 5.89. The molecule has 0 unspecified atom stereocenters. The van der Waals surface area contributed by atoms with E-state index in [1.165, 1.54) is 0 Å². The molecule has 0 aromatic rings. The van der Waals surface area contributed by atoms with Gasteiger partial charge in [0.1, 0.15) is 0 Å². The third-order valence-corrected chi connectivity index (χ3v) is 1.73. The van der Waals surface area contributed by atoms with E-state index in [0.717, 1.165) is 0 Å². The van der Waals surface area contributed by atoms with Gasteiger partial charge in [0.2, 0.25) is 0 Å². The van der Waals surface area contributed by atoms with Crippen molar-refractivity contribution in [1.29, 1.82) is 0 Å². The molecule has 0 bridgehead atoms. The molecule has 0 aliphatic carbocycles. The molecule has 0 aromatic heterocycles. The lowest BCUT2D eigenvalue weighted by molar-refractivity contribution is -0.137. The molecule has 0 saturated carbocycles. The monoisotopic (exact) mass is 158 g/mol. The summed E-state index contributed by atoms with van der Waals surface area (Å²) in [5.41, 5.74) is 0.481. The molecule has 0 fully saturated rings. The molecule has 0 spiro atoms. The molecule has 2 nitrogen and oxygen atoms in total. The predicted octanol–water partition coefficient (Wildman–Crippen LogP) is 1.13. The fourth-order valence-electron chi connectivity index (χ4n) is 0.366. The Hall–Kier alpha value is -0.573. The van der Waals surface area contributed by atoms with Gasteiger partial charge >= 0.3 is 5.97 Å². The summed E-state index contributed by atoms with van der Waals surface area (Å²) in [6.45, 7) is 9.39. The van der Waals surface area contributed by atoms with Crippen molar-refractivity contribution in [2.75, 3.05) is 6.23 Å². The summed E-state index contributed by atoms with van der Waals surface area (Å²) in [5, 5.41) is 0. The molecule has 0 amide bonds. The third-order valence-electron chi connectivity index (χ3n) is 0.896. The molecular weight excluding hydrogens is 144 g/mol. The van der Waals surface area contributed by atoms with Gasteiger partial charge in [-0.1, -0.05) is 19.7 Å². The van der Waals surface area contributed by atoms with Crippen molar-refractivity contribution in [3.05, 3.63) is 12.2 Å². The molecule has 3 heteroatoms. The molecular formula is C7H14O2Si. The van der Waals surface area contributed by atoms with Crippen LogP contribution in [-0.2, 0) is 9.53 Å². The number of carbonyl (C=O) groups excluding carboxylic acids is 1. The van der Waals surface area contributed by atoms with Crippen LogP contribution in [0.2, 0.25) is 13.1 Å². The van der Waals surface area contributed by atoms with Crippen LogP contribution in [0.1, 0.15) is 6.92 Å². The molecule has 0 heterocycles. The second kappa shape index (κ2) is 4.28. The number of esters is 1. The zero-order valence-electron chi connectivity index (χ0n) is 6.81. The van der Waals surface area contributed by atoms with E-state index in [1.54, 1.807) is 6.92 Å². The Kier molecular flexibility index (Phi) is 4.03. The van der Waals surface area contributed by atoms with Crippen LogP contribution in [0.25, 0.3) is 0 Å². The molecule has 0 aliphatic rings. The van der Waals surface area contributed by atoms with E-state index in [1.807, 2.05) is 0 Å². The normalized spacial score (nSPS) is 9.60. The van der Waals surface area contributed by atoms with Gasteiger partial charge in [-0.25, -0.2) is 4.79 Å². The van der Waals surface area contributed by atoms with Gasteiger partial charge in [-0.15, -0.1) is 0 Å². The molecule has 0 aromatic carbocycles. The molecule has 0 radical (unpaired) electrons. The Morgan fingerprint density at radius 3 is 2.40 bits per heavy atom. The second-order valence-electron chi connectivity index (χ2n) is 2.77. The lowest BCUT2D eigenvalue weighted by atomic mass is 10.4. The fourth-order valence-corrected chi connectivity index (χ4v) is 0.850. The Balaban J connectivity index is 3.50. The maximum atomic E-state index is 10.7. The summed E-state index contributed by atoms with van der Waals surface area (Å²) in [7, 11) is -0.752. The lowest BCUT2D eigenvalue weighted by Crippen LogP contribution is -2.16. The first-order valence-electron chi connectivity index (χ1n) is 3.36. The van der Waals surface area contributed by atoms with Crippen LogP contribution in [0.5, 0.6) is 0 Å². The van der Waals surface area contributed by atoms with E-state index in [-0.39, 0.29) is 5.97 Å². The average Bonchev–Trinajstić information content (AvgIpc) is 1.82. The maximum absolute atomic E-state index is 10.7. The Morgan fingerprint density at radius 2 is 2.10 bits per heavy atom. The Labute approximate surface area is 63.5 Å². The van der Waals surface area contributed by atoms with Crippen molar-refractivity contribution in [3.63, 3.8) is 0 Å². The van der Waals surface area contributed by atoms with E-state index in [9.17, 15) is 4.79 Å². The van der Waals surface area contributed by atoms with Gasteiger partial charge in [0.15, 0.2) is 0 Å². The number of carbonyl (C=O) groups is 1. The largest absolute Gasteiger partial charge is 0.467 e. The minimum atomic E-state index is -0.752. The minimum absolute atomic E-state index is 0.263. The topological polar surface area (TPSA) is 26.3 Å². The quantitative estimate of drug-likeness (QED) is 0.350. The number of hydrogen-bond donors (Lipinski definition) is 0. The van der Waals surface area contributed by atoms with E-state index < -0.39 is 8.80 Å². The maximum Gasteiger partial charge on any atom is 0.332 e. The van der Waals surface area contributed by atoms with Crippen molar-refractivity contribution in [2.45, 2.75) is 20.0 Å². The first-order valence-corrected chi connectivity index (χ1v) is 6.49. The first-order chi connectivity index (χ1) is 4.54. The van der Waals surface area contributed by atoms with Crippen LogP contribution >= 0.6 is 0 Å². The molecule has 10 heavy (non-hydrogen) atoms. The summed E-state index contributed by atoms with van der Waals surface area (Å²) in [4.78, 5) is 10.7. The molecule has 0 N–H and O–H groups in total. The zero-order valence-corrected chi connectivity index (χ0v) is 7.96. The summed E-state index contributed by atoms with van der Waals surface area (Å²) in [5.74, 6) is -0.263. The van der Waals surface area contributed by atoms with Crippen LogP contribution < -0.4 is 0 Å². The lowest BCUT2D eigenvalue weighted by Gasteiger charge is -2.04. The van der Waals surface area contributed by atoms with Crippen molar-refractivity contribution in [3.8, 4) is 0 Å². The van der Waals surface area contributed by atoms with Crippen molar-refractivity contribution in [2.24, 2.45) is 0 Å². The highest BCUT2D eigenvalue weighted by Crippen LogP contribution is 1.92. The van der Waals surface area contributed by atoms with Crippen LogP contribution in [0, 0.1) is 0 Å². The summed E-state index contributed by atoms with van der Waals surface area (Å²) < 4.78 is 4.89. The van der Waals surface area contributed by atoms with Crippen molar-refractivity contribution < 1.29 is 9.53 Å². The average molecular weight is 158 g/mol. The molecule has 0 aliphatic heterocycles. The minimum Gasteiger partial charge on any atom is -0.467 e. The van der Waals surface area contributed by atoms with Gasteiger partial charge in [-0.2, -0.15) is 0 Å². The first kappa shape index (κ1) is 9.43. The number of hydrogen-bond acceptors (Lipinski definition) is 2. The SMILES string of the molecule is C=C(C)C(=O)OC[SiH](C)C.